The first-order chi connectivity index (χ1) is 12.7. The highest BCUT2D eigenvalue weighted by atomic mass is 79.9. The Morgan fingerprint density at radius 2 is 2.00 bits per heavy atom. The van der Waals surface area contributed by atoms with E-state index >= 15 is 0 Å². The zero-order valence-electron chi connectivity index (χ0n) is 14.4. The second-order valence-corrected chi connectivity index (χ2v) is 6.99. The van der Waals surface area contributed by atoms with E-state index in [1.54, 1.807) is 6.20 Å². The van der Waals surface area contributed by atoms with Crippen LogP contribution in [-0.4, -0.2) is 19.5 Å². The van der Waals surface area contributed by atoms with Crippen LogP contribution in [-0.2, 0) is 19.9 Å². The van der Waals surface area contributed by atoms with E-state index in [9.17, 15) is 0 Å². The number of aryl methyl sites for hydroxylation is 3. The maximum Gasteiger partial charge on any atom is 0.227 e. The highest BCUT2D eigenvalue weighted by Gasteiger charge is 2.07. The van der Waals surface area contributed by atoms with Crippen LogP contribution in [0.4, 0.5) is 11.6 Å². The summed E-state index contributed by atoms with van der Waals surface area (Å²) >= 11 is 3.55. The third-order valence-corrected chi connectivity index (χ3v) is 4.96. The quantitative estimate of drug-likeness (QED) is 0.522. The normalized spacial score (nSPS) is 11.0. The van der Waals surface area contributed by atoms with Crippen LogP contribution in [0, 0.1) is 0 Å². The summed E-state index contributed by atoms with van der Waals surface area (Å²) in [5, 5.41) is 4.49. The van der Waals surface area contributed by atoms with Crippen molar-refractivity contribution in [3.8, 4) is 0 Å². The number of nitrogens with one attached hydrogen (secondary N) is 1. The molecule has 4 rings (SSSR count). The summed E-state index contributed by atoms with van der Waals surface area (Å²) in [7, 11) is 2.04. The van der Waals surface area contributed by atoms with Crippen LogP contribution in [0.15, 0.2) is 65.5 Å². The smallest absolute Gasteiger partial charge is 0.227 e. The van der Waals surface area contributed by atoms with Crippen molar-refractivity contribution in [3.05, 3.63) is 76.9 Å². The van der Waals surface area contributed by atoms with Gasteiger partial charge in [0, 0.05) is 47.9 Å². The molecule has 0 fully saturated rings. The Morgan fingerprint density at radius 3 is 2.85 bits per heavy atom. The van der Waals surface area contributed by atoms with E-state index in [-0.39, 0.29) is 0 Å². The average molecular weight is 408 g/mol. The van der Waals surface area contributed by atoms with Crippen molar-refractivity contribution in [1.82, 2.24) is 19.5 Å². The van der Waals surface area contributed by atoms with Gasteiger partial charge in [-0.05, 0) is 65.2 Å². The molecule has 130 valence electrons. The Hall–Kier alpha value is -2.73. The lowest BCUT2D eigenvalue weighted by Gasteiger charge is -2.09. The summed E-state index contributed by atoms with van der Waals surface area (Å²) < 4.78 is 3.02. The fourth-order valence-electron chi connectivity index (χ4n) is 2.92. The first kappa shape index (κ1) is 16.7. The van der Waals surface area contributed by atoms with Crippen LogP contribution in [0.3, 0.4) is 0 Å². The zero-order chi connectivity index (χ0) is 17.9. The SMILES string of the molecule is Cn1ccc2cc(Nc3ncc(Br)c(CCc4ccccn4)n3)ccc21. The molecule has 4 aromatic rings. The second-order valence-electron chi connectivity index (χ2n) is 6.13. The van der Waals surface area contributed by atoms with E-state index in [4.69, 9.17) is 0 Å². The van der Waals surface area contributed by atoms with Crippen molar-refractivity contribution >= 4 is 38.5 Å². The zero-order valence-corrected chi connectivity index (χ0v) is 15.9. The molecule has 26 heavy (non-hydrogen) atoms. The lowest BCUT2D eigenvalue weighted by atomic mass is 10.2. The van der Waals surface area contributed by atoms with Gasteiger partial charge in [0.05, 0.1) is 10.2 Å². The molecule has 0 radical (unpaired) electrons. The van der Waals surface area contributed by atoms with Gasteiger partial charge in [0.25, 0.3) is 0 Å². The number of fused-ring (bicyclic) bond motifs is 1. The van der Waals surface area contributed by atoms with Crippen LogP contribution in [0.1, 0.15) is 11.4 Å². The molecule has 5 nitrogen and oxygen atoms in total. The third-order valence-electron chi connectivity index (χ3n) is 4.30. The highest BCUT2D eigenvalue weighted by Crippen LogP contribution is 2.23. The molecule has 1 aromatic carbocycles. The van der Waals surface area contributed by atoms with Gasteiger partial charge in [-0.1, -0.05) is 6.07 Å². The van der Waals surface area contributed by atoms with Crippen LogP contribution in [0.2, 0.25) is 0 Å². The summed E-state index contributed by atoms with van der Waals surface area (Å²) in [5.41, 5.74) is 4.20. The Bertz CT molecular complexity index is 1040. The van der Waals surface area contributed by atoms with Crippen molar-refractivity contribution < 1.29 is 0 Å². The van der Waals surface area contributed by atoms with Gasteiger partial charge in [-0.25, -0.2) is 9.97 Å². The van der Waals surface area contributed by atoms with Crippen LogP contribution in [0.5, 0.6) is 0 Å². The molecule has 6 heteroatoms. The minimum Gasteiger partial charge on any atom is -0.351 e. The van der Waals surface area contributed by atoms with E-state index in [2.05, 4.69) is 65.2 Å². The Morgan fingerprint density at radius 1 is 1.08 bits per heavy atom. The number of halogens is 1. The molecule has 0 atom stereocenters. The highest BCUT2D eigenvalue weighted by molar-refractivity contribution is 9.10. The standard InChI is InChI=1S/C20H18BrN5/c1-26-11-9-14-12-16(6-8-19(14)26)24-20-23-13-17(21)18(25-20)7-5-15-4-2-3-10-22-15/h2-4,6,8-13H,5,7H2,1H3,(H,23,24,25). The Labute approximate surface area is 160 Å². The predicted molar refractivity (Wildman–Crippen MR) is 108 cm³/mol. The molecule has 0 bridgehead atoms. The molecule has 0 spiro atoms. The number of hydrogen-bond donors (Lipinski definition) is 1. The van der Waals surface area contributed by atoms with Gasteiger partial charge in [-0.3, -0.25) is 4.98 Å². The third kappa shape index (κ3) is 3.60. The van der Waals surface area contributed by atoms with Gasteiger partial charge < -0.3 is 9.88 Å². The molecule has 1 N–H and O–H groups in total. The number of hydrogen-bond acceptors (Lipinski definition) is 4. The van der Waals surface area contributed by atoms with Crippen LogP contribution < -0.4 is 5.32 Å². The summed E-state index contributed by atoms with van der Waals surface area (Å²) in [6, 6.07) is 14.3. The predicted octanol–water partition coefficient (Wildman–Crippen LogP) is 4.65. The van der Waals surface area contributed by atoms with E-state index in [1.807, 2.05) is 37.5 Å². The summed E-state index contributed by atoms with van der Waals surface area (Å²) in [5.74, 6) is 0.597. The average Bonchev–Trinajstić information content (AvgIpc) is 3.03. The van der Waals surface area contributed by atoms with Gasteiger partial charge in [0.2, 0.25) is 5.95 Å². The fourth-order valence-corrected chi connectivity index (χ4v) is 3.31. The number of anilines is 2. The monoisotopic (exact) mass is 407 g/mol. The number of rotatable bonds is 5. The van der Waals surface area contributed by atoms with Crippen molar-refractivity contribution in [3.63, 3.8) is 0 Å². The molecule has 0 amide bonds. The molecule has 0 saturated carbocycles. The van der Waals surface area contributed by atoms with Gasteiger partial charge in [0.15, 0.2) is 0 Å². The molecule has 3 aromatic heterocycles. The van der Waals surface area contributed by atoms with Crippen molar-refractivity contribution in [2.24, 2.45) is 7.05 Å². The number of benzene rings is 1. The van der Waals surface area contributed by atoms with Crippen molar-refractivity contribution in [1.29, 1.82) is 0 Å². The minimum atomic E-state index is 0.597. The summed E-state index contributed by atoms with van der Waals surface area (Å²) in [4.78, 5) is 13.4. The van der Waals surface area contributed by atoms with Gasteiger partial charge in [-0.2, -0.15) is 0 Å². The molecule has 0 aliphatic heterocycles. The molecular formula is C20H18BrN5. The van der Waals surface area contributed by atoms with Crippen molar-refractivity contribution in [2.75, 3.05) is 5.32 Å². The summed E-state index contributed by atoms with van der Waals surface area (Å²) in [6.07, 6.45) is 7.31. The number of aromatic nitrogens is 4. The number of nitrogens with zero attached hydrogens (tertiary/aromatic N) is 4. The topological polar surface area (TPSA) is 55.6 Å². The van der Waals surface area contributed by atoms with Crippen LogP contribution in [0.25, 0.3) is 10.9 Å². The van der Waals surface area contributed by atoms with E-state index in [1.165, 1.54) is 10.9 Å². The van der Waals surface area contributed by atoms with E-state index in [0.717, 1.165) is 34.4 Å². The fraction of sp³-hybridized carbons (Fsp3) is 0.150. The van der Waals surface area contributed by atoms with Gasteiger partial charge >= 0.3 is 0 Å². The molecular weight excluding hydrogens is 390 g/mol. The maximum atomic E-state index is 4.67. The molecule has 0 aliphatic rings. The van der Waals surface area contributed by atoms with Gasteiger partial charge in [0.1, 0.15) is 0 Å². The molecule has 0 aliphatic carbocycles. The Kier molecular flexibility index (Phi) is 4.67. The number of pyridine rings is 1. The first-order valence-corrected chi connectivity index (χ1v) is 9.22. The van der Waals surface area contributed by atoms with E-state index in [0.29, 0.717) is 5.95 Å². The summed E-state index contributed by atoms with van der Waals surface area (Å²) in [6.45, 7) is 0. The maximum absolute atomic E-state index is 4.67. The van der Waals surface area contributed by atoms with Crippen molar-refractivity contribution in [2.45, 2.75) is 12.8 Å². The second kappa shape index (κ2) is 7.25. The largest absolute Gasteiger partial charge is 0.351 e. The molecule has 0 saturated heterocycles. The van der Waals surface area contributed by atoms with Gasteiger partial charge in [-0.15, -0.1) is 0 Å². The lowest BCUT2D eigenvalue weighted by molar-refractivity contribution is 0.867. The lowest BCUT2D eigenvalue weighted by Crippen LogP contribution is -2.03. The van der Waals surface area contributed by atoms with E-state index < -0.39 is 0 Å². The molecule has 3 heterocycles. The minimum absolute atomic E-state index is 0.597. The Balaban J connectivity index is 1.52. The van der Waals surface area contributed by atoms with Crippen LogP contribution >= 0.6 is 15.9 Å². The first-order valence-electron chi connectivity index (χ1n) is 8.42. The molecule has 0 unspecified atom stereocenters.